The van der Waals surface area contributed by atoms with Crippen LogP contribution in [0, 0.1) is 6.92 Å². The molecule has 2 rings (SSSR count). The van der Waals surface area contributed by atoms with Gasteiger partial charge in [-0.15, -0.1) is 0 Å². The number of aryl methyl sites for hydroxylation is 1. The van der Waals surface area contributed by atoms with E-state index in [2.05, 4.69) is 10.6 Å². The molecule has 0 radical (unpaired) electrons. The Balaban J connectivity index is 2.14. The molecule has 1 aliphatic rings. The fraction of sp³-hybridized carbons (Fsp3) is 0.308. The molecule has 7 heteroatoms. The van der Waals surface area contributed by atoms with Gasteiger partial charge >= 0.3 is 0 Å². The van der Waals surface area contributed by atoms with Crippen LogP contribution in [0.1, 0.15) is 28.8 Å². The van der Waals surface area contributed by atoms with Crippen molar-refractivity contribution < 1.29 is 19.5 Å². The maximum atomic E-state index is 12.1. The molecule has 1 fully saturated rings. The van der Waals surface area contributed by atoms with Gasteiger partial charge in [0.1, 0.15) is 11.8 Å². The average molecular weight is 297 g/mol. The minimum absolute atomic E-state index is 0.0593. The van der Waals surface area contributed by atoms with Crippen LogP contribution in [0.2, 0.25) is 5.02 Å². The Morgan fingerprint density at radius 2 is 2.15 bits per heavy atom. The Bertz CT molecular complexity index is 600. The van der Waals surface area contributed by atoms with Gasteiger partial charge in [-0.1, -0.05) is 11.6 Å². The van der Waals surface area contributed by atoms with Crippen molar-refractivity contribution >= 4 is 29.3 Å². The molecule has 0 saturated carbocycles. The number of amides is 3. The molecule has 1 heterocycles. The zero-order chi connectivity index (χ0) is 14.9. The molecule has 3 amide bonds. The molecule has 1 saturated heterocycles. The molecule has 1 unspecified atom stereocenters. The van der Waals surface area contributed by atoms with Gasteiger partial charge in [0.2, 0.25) is 11.8 Å². The second-order valence-electron chi connectivity index (χ2n) is 4.60. The zero-order valence-electron chi connectivity index (χ0n) is 10.7. The normalized spacial score (nSPS) is 18.6. The Morgan fingerprint density at radius 1 is 1.45 bits per heavy atom. The van der Waals surface area contributed by atoms with Gasteiger partial charge in [-0.25, -0.2) is 0 Å². The summed E-state index contributed by atoms with van der Waals surface area (Å²) in [7, 11) is 0. The number of benzene rings is 1. The molecular formula is C13H13ClN2O4. The molecule has 1 atom stereocenters. The number of carbonyl (C=O) groups is 3. The third kappa shape index (κ3) is 2.91. The van der Waals surface area contributed by atoms with Gasteiger partial charge in [0.15, 0.2) is 0 Å². The highest BCUT2D eigenvalue weighted by atomic mass is 35.5. The van der Waals surface area contributed by atoms with E-state index >= 15 is 0 Å². The summed E-state index contributed by atoms with van der Waals surface area (Å²) in [5, 5.41) is 14.2. The molecule has 1 aromatic rings. The first-order valence-electron chi connectivity index (χ1n) is 6.02. The molecule has 1 aromatic carbocycles. The summed E-state index contributed by atoms with van der Waals surface area (Å²) in [6, 6.07) is 1.97. The fourth-order valence-corrected chi connectivity index (χ4v) is 2.14. The van der Waals surface area contributed by atoms with Crippen LogP contribution in [0.15, 0.2) is 12.1 Å². The number of imide groups is 1. The maximum absolute atomic E-state index is 12.1. The topological polar surface area (TPSA) is 95.5 Å². The number of phenols is 1. The van der Waals surface area contributed by atoms with Crippen molar-refractivity contribution in [1.29, 1.82) is 0 Å². The van der Waals surface area contributed by atoms with Gasteiger partial charge in [0, 0.05) is 12.0 Å². The van der Waals surface area contributed by atoms with Gasteiger partial charge in [0.25, 0.3) is 5.91 Å². The predicted octanol–water partition coefficient (Wildman–Crippen LogP) is 0.889. The number of rotatable bonds is 2. The Labute approximate surface area is 120 Å². The van der Waals surface area contributed by atoms with Gasteiger partial charge in [-0.05, 0) is 31.0 Å². The van der Waals surface area contributed by atoms with Crippen molar-refractivity contribution in [3.63, 3.8) is 0 Å². The van der Waals surface area contributed by atoms with Crippen LogP contribution in [-0.4, -0.2) is 28.9 Å². The van der Waals surface area contributed by atoms with E-state index in [9.17, 15) is 19.5 Å². The SMILES string of the molecule is Cc1cc(O)c(Cl)cc1C(=O)NC1CCC(=O)NC1=O. The van der Waals surface area contributed by atoms with Crippen LogP contribution in [0.25, 0.3) is 0 Å². The smallest absolute Gasteiger partial charge is 0.252 e. The highest BCUT2D eigenvalue weighted by molar-refractivity contribution is 6.32. The number of halogens is 1. The van der Waals surface area contributed by atoms with Crippen LogP contribution in [0.4, 0.5) is 0 Å². The van der Waals surface area contributed by atoms with Crippen LogP contribution >= 0.6 is 11.6 Å². The van der Waals surface area contributed by atoms with E-state index in [0.717, 1.165) is 0 Å². The number of carbonyl (C=O) groups excluding carboxylic acids is 3. The van der Waals surface area contributed by atoms with Gasteiger partial charge in [0.05, 0.1) is 5.02 Å². The third-order valence-electron chi connectivity index (χ3n) is 3.08. The largest absolute Gasteiger partial charge is 0.506 e. The van der Waals surface area contributed by atoms with Crippen LogP contribution in [0.3, 0.4) is 0 Å². The standard InChI is InChI=1S/C13H13ClN2O4/c1-6-4-10(17)8(14)5-7(6)12(19)15-9-2-3-11(18)16-13(9)20/h4-5,9,17H,2-3H2,1H3,(H,15,19)(H,16,18,20). The van der Waals surface area contributed by atoms with Crippen LogP contribution in [-0.2, 0) is 9.59 Å². The molecule has 0 spiro atoms. The van der Waals surface area contributed by atoms with E-state index in [0.29, 0.717) is 5.56 Å². The monoisotopic (exact) mass is 296 g/mol. The lowest BCUT2D eigenvalue weighted by atomic mass is 10.0. The molecular weight excluding hydrogens is 284 g/mol. The number of nitrogens with one attached hydrogen (secondary N) is 2. The zero-order valence-corrected chi connectivity index (χ0v) is 11.5. The summed E-state index contributed by atoms with van der Waals surface area (Å²) in [6.07, 6.45) is 0.452. The molecule has 106 valence electrons. The number of aromatic hydroxyl groups is 1. The second kappa shape index (κ2) is 5.50. The summed E-state index contributed by atoms with van der Waals surface area (Å²) >= 11 is 5.77. The van der Waals surface area contributed by atoms with Gasteiger partial charge < -0.3 is 10.4 Å². The van der Waals surface area contributed by atoms with Crippen molar-refractivity contribution in [2.24, 2.45) is 0 Å². The lowest BCUT2D eigenvalue weighted by molar-refractivity contribution is -0.134. The first kappa shape index (κ1) is 14.3. The lowest BCUT2D eigenvalue weighted by Gasteiger charge is -2.22. The first-order chi connectivity index (χ1) is 9.38. The molecule has 0 bridgehead atoms. The number of hydrogen-bond acceptors (Lipinski definition) is 4. The third-order valence-corrected chi connectivity index (χ3v) is 3.39. The Kier molecular flexibility index (Phi) is 3.94. The molecule has 0 aromatic heterocycles. The lowest BCUT2D eigenvalue weighted by Crippen LogP contribution is -2.52. The van der Waals surface area contributed by atoms with Gasteiger partial charge in [-0.2, -0.15) is 0 Å². The minimum Gasteiger partial charge on any atom is -0.506 e. The molecule has 3 N–H and O–H groups in total. The maximum Gasteiger partial charge on any atom is 0.252 e. The summed E-state index contributed by atoms with van der Waals surface area (Å²) < 4.78 is 0. The van der Waals surface area contributed by atoms with Crippen molar-refractivity contribution in [1.82, 2.24) is 10.6 Å². The minimum atomic E-state index is -0.743. The highest BCUT2D eigenvalue weighted by Crippen LogP contribution is 2.26. The first-order valence-corrected chi connectivity index (χ1v) is 6.40. The van der Waals surface area contributed by atoms with E-state index in [1.165, 1.54) is 12.1 Å². The summed E-state index contributed by atoms with van der Waals surface area (Å²) in [6.45, 7) is 1.65. The van der Waals surface area contributed by atoms with Crippen molar-refractivity contribution in [3.8, 4) is 5.75 Å². The van der Waals surface area contributed by atoms with Crippen LogP contribution < -0.4 is 10.6 Å². The number of hydrogen-bond donors (Lipinski definition) is 3. The highest BCUT2D eigenvalue weighted by Gasteiger charge is 2.28. The Morgan fingerprint density at radius 3 is 2.80 bits per heavy atom. The van der Waals surface area contributed by atoms with Gasteiger partial charge in [-0.3, -0.25) is 19.7 Å². The average Bonchev–Trinajstić information content (AvgIpc) is 2.37. The summed E-state index contributed by atoms with van der Waals surface area (Å²) in [4.78, 5) is 34.7. The van der Waals surface area contributed by atoms with E-state index in [4.69, 9.17) is 11.6 Å². The van der Waals surface area contributed by atoms with Crippen molar-refractivity contribution in [2.45, 2.75) is 25.8 Å². The van der Waals surface area contributed by atoms with Crippen molar-refractivity contribution in [2.75, 3.05) is 0 Å². The van der Waals surface area contributed by atoms with E-state index in [1.54, 1.807) is 6.92 Å². The quantitative estimate of drug-likeness (QED) is 0.706. The number of piperidine rings is 1. The van der Waals surface area contributed by atoms with E-state index in [1.807, 2.05) is 0 Å². The molecule has 6 nitrogen and oxygen atoms in total. The fourth-order valence-electron chi connectivity index (χ4n) is 1.98. The van der Waals surface area contributed by atoms with E-state index < -0.39 is 17.9 Å². The Hall–Kier alpha value is -2.08. The predicted molar refractivity (Wildman–Crippen MR) is 71.5 cm³/mol. The second-order valence-corrected chi connectivity index (χ2v) is 5.00. The molecule has 0 aliphatic carbocycles. The summed E-state index contributed by atoms with van der Waals surface area (Å²) in [5.74, 6) is -1.44. The van der Waals surface area contributed by atoms with Crippen LogP contribution in [0.5, 0.6) is 5.75 Å². The molecule has 1 aliphatic heterocycles. The number of phenolic OH excluding ortho intramolecular Hbond substituents is 1. The molecule has 20 heavy (non-hydrogen) atoms. The van der Waals surface area contributed by atoms with Crippen molar-refractivity contribution in [3.05, 3.63) is 28.3 Å². The summed E-state index contributed by atoms with van der Waals surface area (Å²) in [5.41, 5.74) is 0.814. The van der Waals surface area contributed by atoms with E-state index in [-0.39, 0.29) is 35.1 Å².